The summed E-state index contributed by atoms with van der Waals surface area (Å²) in [6.07, 6.45) is 0. The number of nitrogens with zero attached hydrogens (tertiary/aromatic N) is 1. The van der Waals surface area contributed by atoms with Crippen LogP contribution >= 0.6 is 0 Å². The van der Waals surface area contributed by atoms with Gasteiger partial charge < -0.3 is 14.6 Å². The fraction of sp³-hybridized carbons (Fsp3) is 0.250. The fourth-order valence-electron chi connectivity index (χ4n) is 2.78. The van der Waals surface area contributed by atoms with Crippen molar-refractivity contribution in [2.75, 3.05) is 14.1 Å². The van der Waals surface area contributed by atoms with Crippen LogP contribution in [0.15, 0.2) is 52.9 Å². The quantitative estimate of drug-likeness (QED) is 0.778. The Bertz CT molecular complexity index is 848. The summed E-state index contributed by atoms with van der Waals surface area (Å²) in [5.41, 5.74) is 3.94. The van der Waals surface area contributed by atoms with E-state index in [1.807, 2.05) is 57.4 Å². The van der Waals surface area contributed by atoms with E-state index in [0.29, 0.717) is 12.3 Å². The molecule has 0 saturated heterocycles. The molecule has 4 nitrogen and oxygen atoms in total. The van der Waals surface area contributed by atoms with Gasteiger partial charge in [-0.05, 0) is 38.2 Å². The Morgan fingerprint density at radius 1 is 1.04 bits per heavy atom. The first-order chi connectivity index (χ1) is 11.5. The van der Waals surface area contributed by atoms with Crippen molar-refractivity contribution in [2.24, 2.45) is 0 Å². The number of amides is 1. The second kappa shape index (κ2) is 6.89. The minimum atomic E-state index is -0.180. The van der Waals surface area contributed by atoms with Crippen molar-refractivity contribution in [1.82, 2.24) is 10.2 Å². The third kappa shape index (κ3) is 3.49. The second-order valence-electron chi connectivity index (χ2n) is 6.29. The predicted octanol–water partition coefficient (Wildman–Crippen LogP) is 3.73. The van der Waals surface area contributed by atoms with E-state index in [1.165, 1.54) is 5.56 Å². The van der Waals surface area contributed by atoms with Crippen molar-refractivity contribution in [2.45, 2.75) is 20.0 Å². The van der Waals surface area contributed by atoms with Gasteiger partial charge in [0, 0.05) is 24.0 Å². The molecule has 0 unspecified atom stereocenters. The lowest BCUT2D eigenvalue weighted by molar-refractivity contribution is 0.0924. The highest BCUT2D eigenvalue weighted by atomic mass is 16.3. The van der Waals surface area contributed by atoms with Crippen molar-refractivity contribution < 1.29 is 9.21 Å². The standard InChI is InChI=1S/C20H22N2O2/c1-14-17-6-4-5-7-18(17)24-19(14)20(23)21-12-15-8-10-16(11-9-15)13-22(2)3/h4-11H,12-13H2,1-3H3,(H,21,23). The van der Waals surface area contributed by atoms with E-state index < -0.39 is 0 Å². The van der Waals surface area contributed by atoms with E-state index in [4.69, 9.17) is 4.42 Å². The molecule has 2 aromatic carbocycles. The molecule has 0 aliphatic heterocycles. The number of rotatable bonds is 5. The minimum absolute atomic E-state index is 0.180. The lowest BCUT2D eigenvalue weighted by atomic mass is 10.1. The number of furan rings is 1. The Morgan fingerprint density at radius 2 is 1.71 bits per heavy atom. The van der Waals surface area contributed by atoms with Gasteiger partial charge in [-0.15, -0.1) is 0 Å². The highest BCUT2D eigenvalue weighted by Crippen LogP contribution is 2.24. The maximum absolute atomic E-state index is 12.4. The van der Waals surface area contributed by atoms with Gasteiger partial charge in [-0.1, -0.05) is 42.5 Å². The van der Waals surface area contributed by atoms with Crippen LogP contribution < -0.4 is 5.32 Å². The molecule has 1 heterocycles. The molecule has 1 amide bonds. The number of hydrogen-bond donors (Lipinski definition) is 1. The number of carbonyl (C=O) groups is 1. The van der Waals surface area contributed by atoms with Gasteiger partial charge in [0.2, 0.25) is 0 Å². The van der Waals surface area contributed by atoms with Crippen molar-refractivity contribution in [3.05, 3.63) is 71.0 Å². The highest BCUT2D eigenvalue weighted by Gasteiger charge is 2.16. The zero-order valence-corrected chi connectivity index (χ0v) is 14.3. The Hall–Kier alpha value is -2.59. The van der Waals surface area contributed by atoms with Gasteiger partial charge in [0.05, 0.1) is 0 Å². The van der Waals surface area contributed by atoms with Crippen LogP contribution in [0.5, 0.6) is 0 Å². The first kappa shape index (κ1) is 16.3. The smallest absolute Gasteiger partial charge is 0.287 e. The van der Waals surface area contributed by atoms with E-state index in [9.17, 15) is 4.79 Å². The number of aryl methyl sites for hydroxylation is 1. The van der Waals surface area contributed by atoms with Gasteiger partial charge in [0.25, 0.3) is 5.91 Å². The Labute approximate surface area is 142 Å². The Balaban J connectivity index is 1.67. The van der Waals surface area contributed by atoms with E-state index in [2.05, 4.69) is 22.3 Å². The van der Waals surface area contributed by atoms with Crippen LogP contribution in [0.2, 0.25) is 0 Å². The van der Waals surface area contributed by atoms with Gasteiger partial charge in [-0.3, -0.25) is 4.79 Å². The molecule has 3 rings (SSSR count). The van der Waals surface area contributed by atoms with Crippen LogP contribution in [-0.4, -0.2) is 24.9 Å². The summed E-state index contributed by atoms with van der Waals surface area (Å²) in [5.74, 6) is 0.210. The maximum atomic E-state index is 12.4. The van der Waals surface area contributed by atoms with Crippen LogP contribution in [-0.2, 0) is 13.1 Å². The van der Waals surface area contributed by atoms with Gasteiger partial charge in [0.15, 0.2) is 5.76 Å². The van der Waals surface area contributed by atoms with E-state index >= 15 is 0 Å². The van der Waals surface area contributed by atoms with Crippen LogP contribution in [0.4, 0.5) is 0 Å². The third-order valence-corrected chi connectivity index (χ3v) is 4.02. The summed E-state index contributed by atoms with van der Waals surface area (Å²) in [7, 11) is 4.09. The Morgan fingerprint density at radius 3 is 2.38 bits per heavy atom. The molecule has 0 saturated carbocycles. The lowest BCUT2D eigenvalue weighted by Crippen LogP contribution is -2.23. The molecular weight excluding hydrogens is 300 g/mol. The van der Waals surface area contributed by atoms with E-state index in [0.717, 1.165) is 28.6 Å². The van der Waals surface area contributed by atoms with Gasteiger partial charge in [-0.2, -0.15) is 0 Å². The summed E-state index contributed by atoms with van der Waals surface area (Å²) in [5, 5.41) is 3.92. The summed E-state index contributed by atoms with van der Waals surface area (Å²) >= 11 is 0. The number of hydrogen-bond acceptors (Lipinski definition) is 3. The number of fused-ring (bicyclic) bond motifs is 1. The number of para-hydroxylation sites is 1. The van der Waals surface area contributed by atoms with Crippen molar-refractivity contribution in [3.8, 4) is 0 Å². The van der Waals surface area contributed by atoms with Crippen LogP contribution in [0.3, 0.4) is 0 Å². The SMILES string of the molecule is Cc1c(C(=O)NCc2ccc(CN(C)C)cc2)oc2ccccc12. The summed E-state index contributed by atoms with van der Waals surface area (Å²) in [6, 6.07) is 16.0. The zero-order chi connectivity index (χ0) is 17.1. The van der Waals surface area contributed by atoms with Crippen LogP contribution in [0.1, 0.15) is 27.2 Å². The van der Waals surface area contributed by atoms with Gasteiger partial charge >= 0.3 is 0 Å². The molecule has 0 spiro atoms. The Kier molecular flexibility index (Phi) is 4.67. The lowest BCUT2D eigenvalue weighted by Gasteiger charge is -2.10. The number of carbonyl (C=O) groups excluding carboxylic acids is 1. The molecule has 0 fully saturated rings. The average Bonchev–Trinajstić information content (AvgIpc) is 2.91. The first-order valence-corrected chi connectivity index (χ1v) is 8.03. The topological polar surface area (TPSA) is 45.5 Å². The van der Waals surface area contributed by atoms with E-state index in [-0.39, 0.29) is 5.91 Å². The molecule has 24 heavy (non-hydrogen) atoms. The molecule has 0 aliphatic carbocycles. The molecule has 124 valence electrons. The monoisotopic (exact) mass is 322 g/mol. The molecule has 3 aromatic rings. The zero-order valence-electron chi connectivity index (χ0n) is 14.3. The van der Waals surface area contributed by atoms with Crippen LogP contribution in [0.25, 0.3) is 11.0 Å². The first-order valence-electron chi connectivity index (χ1n) is 8.03. The molecule has 4 heteroatoms. The largest absolute Gasteiger partial charge is 0.451 e. The average molecular weight is 322 g/mol. The third-order valence-electron chi connectivity index (χ3n) is 4.02. The second-order valence-corrected chi connectivity index (χ2v) is 6.29. The molecule has 1 aromatic heterocycles. The summed E-state index contributed by atoms with van der Waals surface area (Å²) < 4.78 is 5.69. The van der Waals surface area contributed by atoms with Gasteiger partial charge in [0.1, 0.15) is 5.58 Å². The molecule has 0 aliphatic rings. The number of benzene rings is 2. The molecule has 0 bridgehead atoms. The van der Waals surface area contributed by atoms with Crippen molar-refractivity contribution in [1.29, 1.82) is 0 Å². The predicted molar refractivity (Wildman–Crippen MR) is 96.0 cm³/mol. The maximum Gasteiger partial charge on any atom is 0.287 e. The highest BCUT2D eigenvalue weighted by molar-refractivity contribution is 5.98. The fourth-order valence-corrected chi connectivity index (χ4v) is 2.78. The van der Waals surface area contributed by atoms with E-state index in [1.54, 1.807) is 0 Å². The van der Waals surface area contributed by atoms with Crippen molar-refractivity contribution >= 4 is 16.9 Å². The van der Waals surface area contributed by atoms with Crippen LogP contribution in [0, 0.1) is 6.92 Å². The van der Waals surface area contributed by atoms with Crippen molar-refractivity contribution in [3.63, 3.8) is 0 Å². The minimum Gasteiger partial charge on any atom is -0.451 e. The normalized spacial score (nSPS) is 11.2. The summed E-state index contributed by atoms with van der Waals surface area (Å²) in [4.78, 5) is 14.5. The molecule has 0 radical (unpaired) electrons. The summed E-state index contributed by atoms with van der Waals surface area (Å²) in [6.45, 7) is 3.30. The molecule has 0 atom stereocenters. The molecule has 1 N–H and O–H groups in total. The number of nitrogens with one attached hydrogen (secondary N) is 1. The molecular formula is C20H22N2O2. The van der Waals surface area contributed by atoms with Gasteiger partial charge in [-0.25, -0.2) is 0 Å².